The summed E-state index contributed by atoms with van der Waals surface area (Å²) in [6, 6.07) is 10.1. The Morgan fingerprint density at radius 3 is 2.50 bits per heavy atom. The molecule has 4 heteroatoms. The second-order valence-corrected chi connectivity index (χ2v) is 6.19. The molecule has 1 aromatic carbocycles. The van der Waals surface area contributed by atoms with Gasteiger partial charge in [-0.05, 0) is 38.9 Å². The molecule has 1 saturated carbocycles. The van der Waals surface area contributed by atoms with Crippen LogP contribution in [0.15, 0.2) is 30.3 Å². The Labute approximate surface area is 121 Å². The Balaban J connectivity index is 1.98. The van der Waals surface area contributed by atoms with E-state index in [0.717, 1.165) is 31.4 Å². The van der Waals surface area contributed by atoms with Crippen LogP contribution in [0.3, 0.4) is 0 Å². The second-order valence-electron chi connectivity index (χ2n) is 6.19. The number of nitrogens with one attached hydrogen (secondary N) is 1. The lowest BCUT2D eigenvalue weighted by atomic mass is 9.75. The molecule has 1 amide bonds. The molecule has 0 aliphatic heterocycles. The zero-order chi connectivity index (χ0) is 14.6. The highest BCUT2D eigenvalue weighted by atomic mass is 16.1. The summed E-state index contributed by atoms with van der Waals surface area (Å²) in [5.41, 5.74) is 7.02. The molecule has 20 heavy (non-hydrogen) atoms. The van der Waals surface area contributed by atoms with Gasteiger partial charge in [-0.2, -0.15) is 0 Å². The molecule has 2 rings (SSSR count). The Kier molecular flexibility index (Phi) is 4.78. The van der Waals surface area contributed by atoms with E-state index in [0.29, 0.717) is 6.42 Å². The Morgan fingerprint density at radius 2 is 2.00 bits per heavy atom. The van der Waals surface area contributed by atoms with Crippen LogP contribution in [0.2, 0.25) is 0 Å². The first-order valence-corrected chi connectivity index (χ1v) is 7.26. The fourth-order valence-corrected chi connectivity index (χ4v) is 2.66. The molecule has 3 N–H and O–H groups in total. The Hall–Kier alpha value is -1.39. The van der Waals surface area contributed by atoms with Gasteiger partial charge in [0.25, 0.3) is 0 Å². The predicted octanol–water partition coefficient (Wildman–Crippen LogP) is 1.68. The molecule has 1 fully saturated rings. The maximum absolute atomic E-state index is 12.2. The third-order valence-corrected chi connectivity index (χ3v) is 3.95. The van der Waals surface area contributed by atoms with E-state index < -0.39 is 0 Å². The van der Waals surface area contributed by atoms with Crippen LogP contribution < -0.4 is 11.1 Å². The van der Waals surface area contributed by atoms with Gasteiger partial charge in [0.05, 0.1) is 6.04 Å². The van der Waals surface area contributed by atoms with Gasteiger partial charge in [-0.1, -0.05) is 30.3 Å². The fraction of sp³-hybridized carbons (Fsp3) is 0.562. The zero-order valence-electron chi connectivity index (χ0n) is 12.4. The van der Waals surface area contributed by atoms with Gasteiger partial charge in [-0.25, -0.2) is 0 Å². The van der Waals surface area contributed by atoms with E-state index in [1.807, 2.05) is 32.3 Å². The van der Waals surface area contributed by atoms with Crippen LogP contribution in [0, 0.1) is 0 Å². The normalized spacial score (nSPS) is 18.4. The minimum atomic E-state index is -0.260. The molecular formula is C16H25N3O. The van der Waals surface area contributed by atoms with E-state index >= 15 is 0 Å². The summed E-state index contributed by atoms with van der Waals surface area (Å²) in [5.74, 6) is 0.0582. The lowest BCUT2D eigenvalue weighted by Gasteiger charge is -2.38. The number of likely N-dealkylation sites (N-methyl/N-ethyl adjacent to an activating group) is 1. The second kappa shape index (κ2) is 6.37. The van der Waals surface area contributed by atoms with Gasteiger partial charge in [-0.3, -0.25) is 4.79 Å². The molecule has 1 aliphatic rings. The van der Waals surface area contributed by atoms with E-state index in [1.165, 1.54) is 0 Å². The number of hydrogen-bond acceptors (Lipinski definition) is 3. The fourth-order valence-electron chi connectivity index (χ4n) is 2.66. The lowest BCUT2D eigenvalue weighted by molar-refractivity contribution is -0.123. The van der Waals surface area contributed by atoms with Crippen LogP contribution in [-0.2, 0) is 4.79 Å². The molecule has 0 bridgehead atoms. The summed E-state index contributed by atoms with van der Waals surface area (Å²) < 4.78 is 0. The van der Waals surface area contributed by atoms with Crippen molar-refractivity contribution in [1.29, 1.82) is 0 Å². The summed E-state index contributed by atoms with van der Waals surface area (Å²) in [5, 5.41) is 3.13. The molecule has 1 unspecified atom stereocenters. The van der Waals surface area contributed by atoms with Crippen LogP contribution in [0.4, 0.5) is 0 Å². The van der Waals surface area contributed by atoms with Crippen molar-refractivity contribution >= 4 is 5.91 Å². The van der Waals surface area contributed by atoms with Crippen LogP contribution in [0.25, 0.3) is 0 Å². The van der Waals surface area contributed by atoms with Crippen molar-refractivity contribution < 1.29 is 4.79 Å². The zero-order valence-corrected chi connectivity index (χ0v) is 12.4. The third kappa shape index (κ3) is 4.05. The van der Waals surface area contributed by atoms with Crippen LogP contribution in [-0.4, -0.2) is 37.0 Å². The van der Waals surface area contributed by atoms with Crippen molar-refractivity contribution in [2.24, 2.45) is 5.73 Å². The molecule has 0 spiro atoms. The number of nitrogens with two attached hydrogens (primary N) is 1. The number of benzene rings is 1. The van der Waals surface area contributed by atoms with Gasteiger partial charge in [-0.15, -0.1) is 0 Å². The standard InChI is InChI=1S/C16H25N3O/c1-19(2)12-14(13-7-4-3-5-8-13)18-15(20)11-16(17)9-6-10-16/h3-5,7-8,14H,6,9-12,17H2,1-2H3,(H,18,20). The highest BCUT2D eigenvalue weighted by Gasteiger charge is 2.35. The quantitative estimate of drug-likeness (QED) is 0.830. The van der Waals surface area contributed by atoms with Crippen molar-refractivity contribution in [3.05, 3.63) is 35.9 Å². The van der Waals surface area contributed by atoms with Crippen molar-refractivity contribution in [2.45, 2.75) is 37.3 Å². The third-order valence-electron chi connectivity index (χ3n) is 3.95. The molecule has 1 atom stereocenters. The highest BCUT2D eigenvalue weighted by Crippen LogP contribution is 2.32. The average molecular weight is 275 g/mol. The van der Waals surface area contributed by atoms with Crippen molar-refractivity contribution in [3.63, 3.8) is 0 Å². The Bertz CT molecular complexity index is 440. The molecule has 1 aliphatic carbocycles. The Morgan fingerprint density at radius 1 is 1.35 bits per heavy atom. The maximum atomic E-state index is 12.2. The molecular weight excluding hydrogens is 250 g/mol. The minimum absolute atomic E-state index is 0.0161. The van der Waals surface area contributed by atoms with Crippen LogP contribution in [0.5, 0.6) is 0 Å². The smallest absolute Gasteiger partial charge is 0.222 e. The van der Waals surface area contributed by atoms with Gasteiger partial charge in [0.15, 0.2) is 0 Å². The van der Waals surface area contributed by atoms with Crippen LogP contribution >= 0.6 is 0 Å². The van der Waals surface area contributed by atoms with E-state index in [4.69, 9.17) is 5.73 Å². The number of hydrogen-bond donors (Lipinski definition) is 2. The van der Waals surface area contributed by atoms with E-state index in [1.54, 1.807) is 0 Å². The lowest BCUT2D eigenvalue weighted by Crippen LogP contribution is -2.50. The molecule has 1 aromatic rings. The van der Waals surface area contributed by atoms with E-state index in [9.17, 15) is 4.79 Å². The molecule has 0 aromatic heterocycles. The molecule has 110 valence electrons. The van der Waals surface area contributed by atoms with Crippen molar-refractivity contribution in [2.75, 3.05) is 20.6 Å². The van der Waals surface area contributed by atoms with Gasteiger partial charge >= 0.3 is 0 Å². The summed E-state index contributed by atoms with van der Waals surface area (Å²) >= 11 is 0. The van der Waals surface area contributed by atoms with Crippen LogP contribution in [0.1, 0.15) is 37.3 Å². The number of carbonyl (C=O) groups is 1. The number of carbonyl (C=O) groups excluding carboxylic acids is 1. The monoisotopic (exact) mass is 275 g/mol. The number of rotatable bonds is 6. The van der Waals surface area contributed by atoms with Crippen molar-refractivity contribution in [3.8, 4) is 0 Å². The topological polar surface area (TPSA) is 58.4 Å². The summed E-state index contributed by atoms with van der Waals surface area (Å²) in [6.45, 7) is 0.785. The highest BCUT2D eigenvalue weighted by molar-refractivity contribution is 5.78. The first kappa shape index (κ1) is 15.0. The molecule has 0 radical (unpaired) electrons. The van der Waals surface area contributed by atoms with Crippen molar-refractivity contribution in [1.82, 2.24) is 10.2 Å². The SMILES string of the molecule is CN(C)CC(NC(=O)CC1(N)CCC1)c1ccccc1. The minimum Gasteiger partial charge on any atom is -0.348 e. The van der Waals surface area contributed by atoms with E-state index in [-0.39, 0.29) is 17.5 Å². The summed E-state index contributed by atoms with van der Waals surface area (Å²) in [4.78, 5) is 14.3. The summed E-state index contributed by atoms with van der Waals surface area (Å²) in [6.07, 6.45) is 3.50. The van der Waals surface area contributed by atoms with Gasteiger partial charge in [0.1, 0.15) is 0 Å². The molecule has 4 nitrogen and oxygen atoms in total. The van der Waals surface area contributed by atoms with Gasteiger partial charge in [0.2, 0.25) is 5.91 Å². The molecule has 0 heterocycles. The first-order chi connectivity index (χ1) is 9.48. The van der Waals surface area contributed by atoms with E-state index in [2.05, 4.69) is 22.3 Å². The van der Waals surface area contributed by atoms with Gasteiger partial charge in [0, 0.05) is 18.5 Å². The maximum Gasteiger partial charge on any atom is 0.222 e. The molecule has 0 saturated heterocycles. The first-order valence-electron chi connectivity index (χ1n) is 7.26. The largest absolute Gasteiger partial charge is 0.348 e. The number of amides is 1. The summed E-state index contributed by atoms with van der Waals surface area (Å²) in [7, 11) is 4.02. The number of nitrogens with zero attached hydrogens (tertiary/aromatic N) is 1. The average Bonchev–Trinajstić information content (AvgIpc) is 2.36. The van der Waals surface area contributed by atoms with Gasteiger partial charge < -0.3 is 16.0 Å². The predicted molar refractivity (Wildman–Crippen MR) is 81.3 cm³/mol.